The van der Waals surface area contributed by atoms with Crippen molar-refractivity contribution < 1.29 is 13.2 Å². The van der Waals surface area contributed by atoms with Gasteiger partial charge >= 0.3 is 6.03 Å². The smallest absolute Gasteiger partial charge is 0.321 e. The molecular weight excluding hydrogens is 350 g/mol. The minimum Gasteiger partial charge on any atom is -0.325 e. The van der Waals surface area contributed by atoms with Gasteiger partial charge in [0.1, 0.15) is 0 Å². The zero-order valence-corrected chi connectivity index (χ0v) is 15.9. The van der Waals surface area contributed by atoms with Gasteiger partial charge in [0.25, 0.3) is 0 Å². The lowest BCUT2D eigenvalue weighted by atomic mass is 9.97. The minimum atomic E-state index is -3.52. The van der Waals surface area contributed by atoms with Crippen LogP contribution in [-0.2, 0) is 10.0 Å². The van der Waals surface area contributed by atoms with E-state index < -0.39 is 10.0 Å². The third-order valence-electron chi connectivity index (χ3n) is 4.93. The van der Waals surface area contributed by atoms with E-state index in [9.17, 15) is 13.2 Å². The second-order valence-electron chi connectivity index (χ2n) is 6.90. The number of carbonyl (C=O) groups is 1. The van der Waals surface area contributed by atoms with E-state index in [1.54, 1.807) is 17.0 Å². The van der Waals surface area contributed by atoms with Crippen LogP contribution in [0.4, 0.5) is 10.5 Å². The van der Waals surface area contributed by atoms with Crippen LogP contribution in [0.2, 0.25) is 0 Å². The summed E-state index contributed by atoms with van der Waals surface area (Å²) in [5, 5.41) is 2.81. The SMILES string of the molecule is O=C(Nc1ccc(S(=O)(=O)NCCC2=CCCCC2)cc1)N1CCCC1. The lowest BCUT2D eigenvalue weighted by molar-refractivity contribution is 0.222. The Kier molecular flexibility index (Phi) is 6.32. The molecule has 0 unspecified atom stereocenters. The molecule has 1 aromatic carbocycles. The number of carbonyl (C=O) groups excluding carboxylic acids is 1. The van der Waals surface area contributed by atoms with Crippen molar-refractivity contribution in [2.45, 2.75) is 49.8 Å². The normalized spacial score (nSPS) is 17.8. The molecule has 0 saturated carbocycles. The van der Waals surface area contributed by atoms with E-state index in [2.05, 4.69) is 16.1 Å². The summed E-state index contributed by atoms with van der Waals surface area (Å²) in [5.74, 6) is 0. The zero-order chi connectivity index (χ0) is 18.4. The van der Waals surface area contributed by atoms with E-state index in [4.69, 9.17) is 0 Å². The molecule has 7 heteroatoms. The molecule has 0 atom stereocenters. The number of hydrogen-bond donors (Lipinski definition) is 2. The molecule has 2 N–H and O–H groups in total. The van der Waals surface area contributed by atoms with Gasteiger partial charge in [-0.2, -0.15) is 0 Å². The Labute approximate surface area is 155 Å². The third-order valence-corrected chi connectivity index (χ3v) is 6.41. The summed E-state index contributed by atoms with van der Waals surface area (Å²) in [6.07, 6.45) is 9.68. The Bertz CT molecular complexity index is 751. The van der Waals surface area contributed by atoms with Crippen LogP contribution in [0.1, 0.15) is 44.9 Å². The predicted octanol–water partition coefficient (Wildman–Crippen LogP) is 3.48. The van der Waals surface area contributed by atoms with E-state index in [0.29, 0.717) is 12.2 Å². The van der Waals surface area contributed by atoms with Gasteiger partial charge in [-0.25, -0.2) is 17.9 Å². The molecule has 26 heavy (non-hydrogen) atoms. The average Bonchev–Trinajstić information content (AvgIpc) is 3.18. The van der Waals surface area contributed by atoms with Crippen molar-refractivity contribution >= 4 is 21.7 Å². The van der Waals surface area contributed by atoms with Crippen molar-refractivity contribution in [1.29, 1.82) is 0 Å². The van der Waals surface area contributed by atoms with Crippen LogP contribution >= 0.6 is 0 Å². The number of amides is 2. The molecule has 6 nitrogen and oxygen atoms in total. The number of allylic oxidation sites excluding steroid dienone is 1. The molecule has 2 amide bonds. The summed E-state index contributed by atoms with van der Waals surface area (Å²) in [6, 6.07) is 6.19. The number of likely N-dealkylation sites (tertiary alicyclic amines) is 1. The highest BCUT2D eigenvalue weighted by Crippen LogP contribution is 2.20. The van der Waals surface area contributed by atoms with Crippen molar-refractivity contribution in [2.75, 3.05) is 25.0 Å². The van der Waals surface area contributed by atoms with Crippen molar-refractivity contribution in [3.63, 3.8) is 0 Å². The first kappa shape index (κ1) is 18.9. The summed E-state index contributed by atoms with van der Waals surface area (Å²) in [4.78, 5) is 14.1. The van der Waals surface area contributed by atoms with E-state index in [1.165, 1.54) is 30.5 Å². The zero-order valence-electron chi connectivity index (χ0n) is 15.0. The number of sulfonamides is 1. The third kappa shape index (κ3) is 5.08. The molecule has 0 aromatic heterocycles. The summed E-state index contributed by atoms with van der Waals surface area (Å²) >= 11 is 0. The molecule has 1 aliphatic heterocycles. The first-order valence-electron chi connectivity index (χ1n) is 9.38. The van der Waals surface area contributed by atoms with Gasteiger partial charge < -0.3 is 10.2 Å². The Morgan fingerprint density at radius 2 is 1.77 bits per heavy atom. The fraction of sp³-hybridized carbons (Fsp3) is 0.526. The topological polar surface area (TPSA) is 78.5 Å². The van der Waals surface area contributed by atoms with Gasteiger partial charge in [0.05, 0.1) is 4.90 Å². The Morgan fingerprint density at radius 1 is 1.04 bits per heavy atom. The highest BCUT2D eigenvalue weighted by Gasteiger charge is 2.18. The number of urea groups is 1. The largest absolute Gasteiger partial charge is 0.325 e. The molecule has 1 fully saturated rings. The number of nitrogens with zero attached hydrogens (tertiary/aromatic N) is 1. The van der Waals surface area contributed by atoms with E-state index >= 15 is 0 Å². The Hall–Kier alpha value is -1.86. The van der Waals surface area contributed by atoms with Crippen molar-refractivity contribution in [1.82, 2.24) is 9.62 Å². The van der Waals surface area contributed by atoms with E-state index in [0.717, 1.165) is 45.2 Å². The maximum atomic E-state index is 12.4. The molecule has 1 aliphatic carbocycles. The standard InChI is InChI=1S/C19H27N3O3S/c23-19(22-14-4-5-15-22)21-17-8-10-18(11-9-17)26(24,25)20-13-12-16-6-2-1-3-7-16/h6,8-11,20H,1-5,7,12-15H2,(H,21,23). The first-order chi connectivity index (χ1) is 12.5. The second-order valence-corrected chi connectivity index (χ2v) is 8.67. The summed E-state index contributed by atoms with van der Waals surface area (Å²) in [5.41, 5.74) is 1.95. The molecule has 1 saturated heterocycles. The Balaban J connectivity index is 1.52. The molecule has 3 rings (SSSR count). The number of anilines is 1. The number of hydrogen-bond acceptors (Lipinski definition) is 3. The van der Waals surface area contributed by atoms with Gasteiger partial charge in [-0.1, -0.05) is 11.6 Å². The molecule has 2 aliphatic rings. The van der Waals surface area contributed by atoms with Gasteiger partial charge in [0.2, 0.25) is 10.0 Å². The van der Waals surface area contributed by atoms with Gasteiger partial charge in [0, 0.05) is 25.3 Å². The van der Waals surface area contributed by atoms with Gasteiger partial charge in [-0.3, -0.25) is 0 Å². The lowest BCUT2D eigenvalue weighted by Crippen LogP contribution is -2.32. The molecule has 0 bridgehead atoms. The van der Waals surface area contributed by atoms with Gasteiger partial charge in [-0.05, 0) is 69.2 Å². The van der Waals surface area contributed by atoms with Crippen molar-refractivity contribution in [2.24, 2.45) is 0 Å². The quantitative estimate of drug-likeness (QED) is 0.745. The number of benzene rings is 1. The fourth-order valence-electron chi connectivity index (χ4n) is 3.40. The summed E-state index contributed by atoms with van der Waals surface area (Å²) < 4.78 is 27.4. The average molecular weight is 378 g/mol. The first-order valence-corrected chi connectivity index (χ1v) is 10.9. The lowest BCUT2D eigenvalue weighted by Gasteiger charge is -2.16. The van der Waals surface area contributed by atoms with Crippen LogP contribution in [0.5, 0.6) is 0 Å². The van der Waals surface area contributed by atoms with Crippen molar-refractivity contribution in [3.8, 4) is 0 Å². The number of rotatable bonds is 6. The van der Waals surface area contributed by atoms with E-state index in [-0.39, 0.29) is 10.9 Å². The maximum Gasteiger partial charge on any atom is 0.321 e. The van der Waals surface area contributed by atoms with Crippen LogP contribution in [0, 0.1) is 0 Å². The van der Waals surface area contributed by atoms with E-state index in [1.807, 2.05) is 0 Å². The molecule has 1 heterocycles. The van der Waals surface area contributed by atoms with Gasteiger partial charge in [0.15, 0.2) is 0 Å². The van der Waals surface area contributed by atoms with Crippen LogP contribution in [0.15, 0.2) is 40.8 Å². The van der Waals surface area contributed by atoms with Crippen molar-refractivity contribution in [3.05, 3.63) is 35.9 Å². The summed E-state index contributed by atoms with van der Waals surface area (Å²) in [7, 11) is -3.52. The fourth-order valence-corrected chi connectivity index (χ4v) is 4.43. The molecule has 1 aromatic rings. The minimum absolute atomic E-state index is 0.128. The highest BCUT2D eigenvalue weighted by molar-refractivity contribution is 7.89. The number of nitrogens with one attached hydrogen (secondary N) is 2. The van der Waals surface area contributed by atoms with Gasteiger partial charge in [-0.15, -0.1) is 0 Å². The predicted molar refractivity (Wildman–Crippen MR) is 103 cm³/mol. The van der Waals surface area contributed by atoms with Crippen LogP contribution in [0.3, 0.4) is 0 Å². The molecule has 142 valence electrons. The van der Waals surface area contributed by atoms with Crippen LogP contribution < -0.4 is 10.0 Å². The summed E-state index contributed by atoms with van der Waals surface area (Å²) in [6.45, 7) is 1.97. The molecule has 0 spiro atoms. The second kappa shape index (κ2) is 8.68. The highest BCUT2D eigenvalue weighted by atomic mass is 32.2. The maximum absolute atomic E-state index is 12.4. The van der Waals surface area contributed by atoms with Crippen LogP contribution in [0.25, 0.3) is 0 Å². The molecule has 0 radical (unpaired) electrons. The molecular formula is C19H27N3O3S. The van der Waals surface area contributed by atoms with Crippen LogP contribution in [-0.4, -0.2) is 39.0 Å². The monoisotopic (exact) mass is 377 g/mol. The Morgan fingerprint density at radius 3 is 2.42 bits per heavy atom.